The Morgan fingerprint density at radius 3 is 2.56 bits per heavy atom. The van der Waals surface area contributed by atoms with Crippen molar-refractivity contribution in [2.24, 2.45) is 5.14 Å². The number of H-pyrrole nitrogens is 1. The average Bonchev–Trinajstić information content (AvgIpc) is 3.10. The third kappa shape index (κ3) is 2.77. The SMILES string of the molecule is NS(=O)(=O)c1cnc(-c2ccncc2)c(-c2cccc3cn[nH]c23)c1. The van der Waals surface area contributed by atoms with E-state index < -0.39 is 10.0 Å². The van der Waals surface area contributed by atoms with Gasteiger partial charge in [-0.2, -0.15) is 5.10 Å². The Hall–Kier alpha value is -3.10. The number of hydrogen-bond acceptors (Lipinski definition) is 5. The number of rotatable bonds is 3. The van der Waals surface area contributed by atoms with Crippen molar-refractivity contribution in [1.82, 2.24) is 20.2 Å². The van der Waals surface area contributed by atoms with E-state index in [9.17, 15) is 8.42 Å². The minimum atomic E-state index is -3.87. The summed E-state index contributed by atoms with van der Waals surface area (Å²) < 4.78 is 23.6. The second-order valence-corrected chi connectivity index (χ2v) is 7.05. The molecule has 0 spiro atoms. The zero-order chi connectivity index (χ0) is 17.4. The van der Waals surface area contributed by atoms with E-state index in [1.807, 2.05) is 30.3 Å². The van der Waals surface area contributed by atoms with Gasteiger partial charge >= 0.3 is 0 Å². The Kier molecular flexibility index (Phi) is 3.56. The van der Waals surface area contributed by atoms with E-state index in [1.54, 1.807) is 18.6 Å². The highest BCUT2D eigenvalue weighted by atomic mass is 32.2. The Morgan fingerprint density at radius 1 is 1.00 bits per heavy atom. The molecule has 0 unspecified atom stereocenters. The number of aromatic nitrogens is 4. The van der Waals surface area contributed by atoms with Crippen LogP contribution in [0.1, 0.15) is 0 Å². The van der Waals surface area contributed by atoms with Crippen LogP contribution in [0.2, 0.25) is 0 Å². The van der Waals surface area contributed by atoms with Gasteiger partial charge in [0.1, 0.15) is 4.90 Å². The van der Waals surface area contributed by atoms with Gasteiger partial charge in [-0.25, -0.2) is 13.6 Å². The summed E-state index contributed by atoms with van der Waals surface area (Å²) in [5, 5.41) is 13.2. The zero-order valence-electron chi connectivity index (χ0n) is 12.9. The lowest BCUT2D eigenvalue weighted by atomic mass is 9.98. The maximum absolute atomic E-state index is 11.8. The molecular formula is C17H13N5O2S. The summed E-state index contributed by atoms with van der Waals surface area (Å²) in [6, 6.07) is 10.9. The van der Waals surface area contributed by atoms with Crippen molar-refractivity contribution in [3.05, 3.63) is 61.2 Å². The number of fused-ring (bicyclic) bond motifs is 1. The number of primary sulfonamides is 1. The minimum absolute atomic E-state index is 0.0446. The van der Waals surface area contributed by atoms with Gasteiger partial charge < -0.3 is 0 Å². The minimum Gasteiger partial charge on any atom is -0.277 e. The number of pyridine rings is 2. The standard InChI is InChI=1S/C17H13N5O2S/c18-25(23,24)13-8-15(14-3-1-2-12-9-21-22-17(12)14)16(20-10-13)11-4-6-19-7-5-11/h1-10H,(H,21,22)(H2,18,23,24). The van der Waals surface area contributed by atoms with Gasteiger partial charge in [-0.1, -0.05) is 18.2 Å². The third-order valence-electron chi connectivity index (χ3n) is 3.91. The molecule has 0 saturated heterocycles. The first-order valence-corrected chi connectivity index (χ1v) is 8.94. The predicted octanol–water partition coefficient (Wildman–Crippen LogP) is 2.33. The molecule has 0 atom stereocenters. The van der Waals surface area contributed by atoms with Crippen LogP contribution in [0.4, 0.5) is 0 Å². The Labute approximate surface area is 143 Å². The number of nitrogens with one attached hydrogen (secondary N) is 1. The number of aromatic amines is 1. The highest BCUT2D eigenvalue weighted by Gasteiger charge is 2.17. The second-order valence-electron chi connectivity index (χ2n) is 5.49. The molecule has 25 heavy (non-hydrogen) atoms. The fourth-order valence-electron chi connectivity index (χ4n) is 2.74. The monoisotopic (exact) mass is 351 g/mol. The highest BCUT2D eigenvalue weighted by molar-refractivity contribution is 7.89. The summed E-state index contributed by atoms with van der Waals surface area (Å²) in [6.45, 7) is 0. The molecule has 0 amide bonds. The molecule has 0 saturated carbocycles. The molecule has 1 aromatic carbocycles. The van der Waals surface area contributed by atoms with Crippen molar-refractivity contribution in [3.8, 4) is 22.4 Å². The van der Waals surface area contributed by atoms with Crippen LogP contribution in [0.5, 0.6) is 0 Å². The van der Waals surface area contributed by atoms with Crippen LogP contribution in [-0.4, -0.2) is 28.6 Å². The smallest absolute Gasteiger partial charge is 0.239 e. The molecule has 3 N–H and O–H groups in total. The first-order valence-electron chi connectivity index (χ1n) is 7.40. The van der Waals surface area contributed by atoms with Crippen molar-refractivity contribution in [2.75, 3.05) is 0 Å². The van der Waals surface area contributed by atoms with Crippen molar-refractivity contribution in [3.63, 3.8) is 0 Å². The molecule has 4 aromatic rings. The number of para-hydroxylation sites is 1. The fraction of sp³-hybridized carbons (Fsp3) is 0. The van der Waals surface area contributed by atoms with E-state index in [-0.39, 0.29) is 4.90 Å². The Balaban J connectivity index is 2.06. The maximum Gasteiger partial charge on any atom is 0.239 e. The summed E-state index contributed by atoms with van der Waals surface area (Å²) in [5.74, 6) is 0. The molecule has 4 rings (SSSR count). The molecule has 0 aliphatic heterocycles. The summed E-state index contributed by atoms with van der Waals surface area (Å²) >= 11 is 0. The van der Waals surface area contributed by atoms with E-state index >= 15 is 0 Å². The molecule has 0 bridgehead atoms. The molecule has 7 nitrogen and oxygen atoms in total. The quantitative estimate of drug-likeness (QED) is 0.588. The number of sulfonamides is 1. The normalized spacial score (nSPS) is 11.7. The Bertz CT molecular complexity index is 1170. The second kappa shape index (κ2) is 5.76. The van der Waals surface area contributed by atoms with Gasteiger partial charge in [0, 0.05) is 40.7 Å². The first kappa shape index (κ1) is 15.4. The lowest BCUT2D eigenvalue weighted by Crippen LogP contribution is -2.12. The van der Waals surface area contributed by atoms with Crippen LogP contribution in [0.3, 0.4) is 0 Å². The van der Waals surface area contributed by atoms with Crippen LogP contribution >= 0.6 is 0 Å². The van der Waals surface area contributed by atoms with Crippen LogP contribution in [-0.2, 0) is 10.0 Å². The molecule has 124 valence electrons. The number of nitrogens with two attached hydrogens (primary N) is 1. The van der Waals surface area contributed by atoms with Crippen molar-refractivity contribution >= 4 is 20.9 Å². The zero-order valence-corrected chi connectivity index (χ0v) is 13.7. The van der Waals surface area contributed by atoms with Crippen molar-refractivity contribution in [2.45, 2.75) is 4.90 Å². The van der Waals surface area contributed by atoms with E-state index in [0.29, 0.717) is 11.3 Å². The van der Waals surface area contributed by atoms with Gasteiger partial charge in [-0.15, -0.1) is 0 Å². The average molecular weight is 351 g/mol. The first-order chi connectivity index (χ1) is 12.0. The Morgan fingerprint density at radius 2 is 1.80 bits per heavy atom. The number of benzene rings is 1. The van der Waals surface area contributed by atoms with Gasteiger partial charge in [0.25, 0.3) is 0 Å². The van der Waals surface area contributed by atoms with Crippen LogP contribution in [0.15, 0.2) is 66.1 Å². The van der Waals surface area contributed by atoms with E-state index in [4.69, 9.17) is 5.14 Å². The highest BCUT2D eigenvalue weighted by Crippen LogP contribution is 2.35. The lowest BCUT2D eigenvalue weighted by molar-refractivity contribution is 0.597. The number of hydrogen-bond donors (Lipinski definition) is 2. The van der Waals surface area contributed by atoms with E-state index in [2.05, 4.69) is 20.2 Å². The molecule has 0 aliphatic rings. The van der Waals surface area contributed by atoms with Gasteiger partial charge in [0.15, 0.2) is 0 Å². The largest absolute Gasteiger partial charge is 0.277 e. The van der Waals surface area contributed by atoms with Crippen molar-refractivity contribution in [1.29, 1.82) is 0 Å². The summed E-state index contributed by atoms with van der Waals surface area (Å²) in [4.78, 5) is 8.33. The summed E-state index contributed by atoms with van der Waals surface area (Å²) in [5.41, 5.74) is 3.69. The molecule has 8 heteroatoms. The van der Waals surface area contributed by atoms with Gasteiger partial charge in [0.05, 0.1) is 17.4 Å². The van der Waals surface area contributed by atoms with Gasteiger partial charge in [-0.3, -0.25) is 15.1 Å². The summed E-state index contributed by atoms with van der Waals surface area (Å²) in [6.07, 6.45) is 6.29. The molecule has 0 aliphatic carbocycles. The van der Waals surface area contributed by atoms with Gasteiger partial charge in [-0.05, 0) is 18.2 Å². The fourth-order valence-corrected chi connectivity index (χ4v) is 3.22. The van der Waals surface area contributed by atoms with Gasteiger partial charge in [0.2, 0.25) is 10.0 Å². The van der Waals surface area contributed by atoms with Crippen molar-refractivity contribution < 1.29 is 8.42 Å². The third-order valence-corrected chi connectivity index (χ3v) is 4.79. The van der Waals surface area contributed by atoms with Crippen LogP contribution in [0, 0.1) is 0 Å². The van der Waals surface area contributed by atoms with E-state index in [1.165, 1.54) is 12.3 Å². The molecule has 0 radical (unpaired) electrons. The number of nitrogens with zero attached hydrogens (tertiary/aromatic N) is 3. The lowest BCUT2D eigenvalue weighted by Gasteiger charge is -2.11. The van der Waals surface area contributed by atoms with Crippen LogP contribution in [0.25, 0.3) is 33.3 Å². The molecule has 3 aromatic heterocycles. The maximum atomic E-state index is 11.8. The predicted molar refractivity (Wildman–Crippen MR) is 93.9 cm³/mol. The summed E-state index contributed by atoms with van der Waals surface area (Å²) in [7, 11) is -3.87. The van der Waals surface area contributed by atoms with Crippen LogP contribution < -0.4 is 5.14 Å². The molecule has 3 heterocycles. The molecular weight excluding hydrogens is 338 g/mol. The molecule has 0 fully saturated rings. The topological polar surface area (TPSA) is 115 Å². The van der Waals surface area contributed by atoms with E-state index in [0.717, 1.165) is 22.0 Å².